The number of aromatic nitrogens is 2. The van der Waals surface area contributed by atoms with E-state index in [-0.39, 0.29) is 0 Å². The second-order valence-corrected chi connectivity index (χ2v) is 15.1. The standard InChI is InChI=1S/C37H30N2Si/c1-3-40(2)36(30-18-20-32-28(24-30)16-10-22-38-32)34(26-12-6-4-7-13-26)35(27-14-8-5-9-15-27)37(40)31-19-21-33-29(25-31)17-11-23-39-33/h4-25H,3H2,1-2H3. The van der Waals surface area contributed by atoms with Gasteiger partial charge in [0.05, 0.1) is 11.0 Å². The van der Waals surface area contributed by atoms with Crippen molar-refractivity contribution in [2.24, 2.45) is 0 Å². The Kier molecular flexibility index (Phi) is 6.02. The highest BCUT2D eigenvalue weighted by Gasteiger charge is 2.45. The van der Waals surface area contributed by atoms with E-state index in [0.29, 0.717) is 0 Å². The molecule has 0 saturated carbocycles. The van der Waals surface area contributed by atoms with Crippen LogP contribution in [0.1, 0.15) is 29.2 Å². The zero-order valence-corrected chi connectivity index (χ0v) is 23.8. The Bertz CT molecular complexity index is 1800. The van der Waals surface area contributed by atoms with Gasteiger partial charge in [-0.1, -0.05) is 104 Å². The summed E-state index contributed by atoms with van der Waals surface area (Å²) in [7, 11) is -2.25. The molecule has 6 aromatic rings. The predicted octanol–water partition coefficient (Wildman–Crippen LogP) is 9.50. The number of allylic oxidation sites excluding steroid dienone is 2. The number of nitrogens with zero attached hydrogens (tertiary/aromatic N) is 2. The van der Waals surface area contributed by atoms with Gasteiger partial charge in [0.25, 0.3) is 0 Å². The first-order chi connectivity index (χ1) is 19.7. The van der Waals surface area contributed by atoms with E-state index in [4.69, 9.17) is 0 Å². The number of hydrogen-bond donors (Lipinski definition) is 0. The first-order valence-corrected chi connectivity index (χ1v) is 16.7. The highest BCUT2D eigenvalue weighted by molar-refractivity contribution is 7.13. The van der Waals surface area contributed by atoms with Crippen LogP contribution in [0.5, 0.6) is 0 Å². The minimum absolute atomic E-state index is 1.03. The average Bonchev–Trinajstić information content (AvgIpc) is 3.31. The van der Waals surface area contributed by atoms with Crippen LogP contribution < -0.4 is 0 Å². The fourth-order valence-electron chi connectivity index (χ4n) is 6.46. The lowest BCUT2D eigenvalue weighted by molar-refractivity contribution is 1.39. The van der Waals surface area contributed by atoms with Gasteiger partial charge in [-0.25, -0.2) is 0 Å². The van der Waals surface area contributed by atoms with Crippen LogP contribution in [0, 0.1) is 0 Å². The summed E-state index contributed by atoms with van der Waals surface area (Å²) < 4.78 is 0. The molecule has 0 atom stereocenters. The van der Waals surface area contributed by atoms with Crippen molar-refractivity contribution in [3.8, 4) is 0 Å². The van der Waals surface area contributed by atoms with Crippen molar-refractivity contribution in [2.75, 3.05) is 0 Å². The van der Waals surface area contributed by atoms with Gasteiger partial charge in [-0.15, -0.1) is 0 Å². The minimum atomic E-state index is -2.25. The van der Waals surface area contributed by atoms with Crippen molar-refractivity contribution in [3.05, 3.63) is 156 Å². The molecule has 2 aromatic heterocycles. The van der Waals surface area contributed by atoms with Crippen molar-refractivity contribution >= 4 is 51.4 Å². The Labute approximate surface area is 236 Å². The van der Waals surface area contributed by atoms with Crippen LogP contribution >= 0.6 is 0 Å². The number of benzene rings is 4. The van der Waals surface area contributed by atoms with Gasteiger partial charge in [0, 0.05) is 23.2 Å². The van der Waals surface area contributed by atoms with Gasteiger partial charge in [0.15, 0.2) is 0 Å². The van der Waals surface area contributed by atoms with Crippen LogP contribution in [0.25, 0.3) is 43.3 Å². The summed E-state index contributed by atoms with van der Waals surface area (Å²) in [4.78, 5) is 9.23. The Morgan fingerprint density at radius 3 is 1.38 bits per heavy atom. The summed E-state index contributed by atoms with van der Waals surface area (Å²) in [5, 5.41) is 5.37. The number of hydrogen-bond acceptors (Lipinski definition) is 2. The second kappa shape index (κ2) is 9.85. The Morgan fingerprint density at radius 2 is 0.950 bits per heavy atom. The normalized spacial score (nSPS) is 14.8. The molecule has 1 aliphatic heterocycles. The second-order valence-electron chi connectivity index (χ2n) is 10.7. The molecule has 0 amide bonds. The van der Waals surface area contributed by atoms with Gasteiger partial charge in [-0.3, -0.25) is 9.97 Å². The van der Waals surface area contributed by atoms with E-state index in [2.05, 4.69) is 133 Å². The largest absolute Gasteiger partial charge is 0.256 e. The van der Waals surface area contributed by atoms with E-state index < -0.39 is 8.07 Å². The van der Waals surface area contributed by atoms with Crippen LogP contribution in [0.2, 0.25) is 12.6 Å². The van der Waals surface area contributed by atoms with Gasteiger partial charge >= 0.3 is 0 Å². The van der Waals surface area contributed by atoms with E-state index >= 15 is 0 Å². The van der Waals surface area contributed by atoms with Crippen molar-refractivity contribution < 1.29 is 0 Å². The molecular weight excluding hydrogens is 501 g/mol. The zero-order valence-electron chi connectivity index (χ0n) is 22.8. The SMILES string of the molecule is CC[Si]1(C)C(c2ccc3ncccc3c2)=C(c2ccccc2)C(c2ccccc2)=C1c1ccc2ncccc2c1. The van der Waals surface area contributed by atoms with Gasteiger partial charge in [-0.05, 0) is 80.2 Å². The van der Waals surface area contributed by atoms with Crippen molar-refractivity contribution in [3.63, 3.8) is 0 Å². The summed E-state index contributed by atoms with van der Waals surface area (Å²) in [6.07, 6.45) is 3.75. The van der Waals surface area contributed by atoms with Crippen LogP contribution in [-0.2, 0) is 0 Å². The van der Waals surface area contributed by atoms with Gasteiger partial charge in [0.2, 0.25) is 0 Å². The summed E-state index contributed by atoms with van der Waals surface area (Å²) in [6, 6.07) is 45.2. The molecule has 0 aliphatic carbocycles. The van der Waals surface area contributed by atoms with E-state index in [1.54, 1.807) is 0 Å². The molecule has 1 aliphatic rings. The maximum atomic E-state index is 4.62. The van der Waals surface area contributed by atoms with E-state index in [0.717, 1.165) is 17.1 Å². The van der Waals surface area contributed by atoms with E-state index in [1.165, 1.54) is 54.6 Å². The van der Waals surface area contributed by atoms with Gasteiger partial charge < -0.3 is 0 Å². The molecule has 0 N–H and O–H groups in total. The first-order valence-electron chi connectivity index (χ1n) is 14.0. The highest BCUT2D eigenvalue weighted by Crippen LogP contribution is 2.57. The van der Waals surface area contributed by atoms with Crippen LogP contribution in [0.15, 0.2) is 134 Å². The monoisotopic (exact) mass is 530 g/mol. The molecule has 0 spiro atoms. The third kappa shape index (κ3) is 3.93. The third-order valence-electron chi connectivity index (χ3n) is 8.47. The molecule has 0 unspecified atom stereocenters. The molecule has 4 aromatic carbocycles. The smallest absolute Gasteiger partial charge is 0.118 e. The fourth-order valence-corrected chi connectivity index (χ4v) is 10.6. The summed E-state index contributed by atoms with van der Waals surface area (Å²) in [5.41, 5.74) is 9.95. The third-order valence-corrected chi connectivity index (χ3v) is 13.2. The molecule has 3 heterocycles. The fraction of sp³-hybridized carbons (Fsp3) is 0.0811. The number of rotatable bonds is 5. The Hall–Kier alpha value is -4.60. The van der Waals surface area contributed by atoms with Crippen LogP contribution in [-0.4, -0.2) is 18.0 Å². The Balaban J connectivity index is 1.61. The molecular formula is C37H30N2Si. The molecule has 0 fully saturated rings. The summed E-state index contributed by atoms with van der Waals surface area (Å²) in [5.74, 6) is 0. The van der Waals surface area contributed by atoms with Crippen LogP contribution in [0.4, 0.5) is 0 Å². The summed E-state index contributed by atoms with van der Waals surface area (Å²) >= 11 is 0. The highest BCUT2D eigenvalue weighted by atomic mass is 28.3. The molecule has 7 rings (SSSR count). The van der Waals surface area contributed by atoms with Gasteiger partial charge in [-0.2, -0.15) is 0 Å². The molecule has 40 heavy (non-hydrogen) atoms. The lowest BCUT2D eigenvalue weighted by atomic mass is 9.89. The zero-order chi connectivity index (χ0) is 27.1. The maximum absolute atomic E-state index is 4.62. The molecule has 0 saturated heterocycles. The number of fused-ring (bicyclic) bond motifs is 2. The molecule has 192 valence electrons. The molecule has 2 nitrogen and oxygen atoms in total. The van der Waals surface area contributed by atoms with E-state index in [1.807, 2.05) is 24.5 Å². The first kappa shape index (κ1) is 24.4. The molecule has 0 radical (unpaired) electrons. The Morgan fingerprint density at radius 1 is 0.500 bits per heavy atom. The maximum Gasteiger partial charge on any atom is 0.118 e. The average molecular weight is 531 g/mol. The van der Waals surface area contributed by atoms with Crippen molar-refractivity contribution in [1.29, 1.82) is 0 Å². The lowest BCUT2D eigenvalue weighted by Crippen LogP contribution is -2.32. The van der Waals surface area contributed by atoms with Crippen molar-refractivity contribution in [1.82, 2.24) is 9.97 Å². The van der Waals surface area contributed by atoms with Crippen LogP contribution in [0.3, 0.4) is 0 Å². The molecule has 3 heteroatoms. The van der Waals surface area contributed by atoms with Crippen molar-refractivity contribution in [2.45, 2.75) is 19.5 Å². The van der Waals surface area contributed by atoms with Gasteiger partial charge in [0.1, 0.15) is 8.07 Å². The minimum Gasteiger partial charge on any atom is -0.256 e. The lowest BCUT2D eigenvalue weighted by Gasteiger charge is -2.30. The quantitative estimate of drug-likeness (QED) is 0.207. The number of pyridine rings is 2. The predicted molar refractivity (Wildman–Crippen MR) is 172 cm³/mol. The van der Waals surface area contributed by atoms with E-state index in [9.17, 15) is 0 Å². The summed E-state index contributed by atoms with van der Waals surface area (Å²) in [6.45, 7) is 4.95. The topological polar surface area (TPSA) is 25.8 Å². The molecule has 0 bridgehead atoms.